The van der Waals surface area contributed by atoms with E-state index in [9.17, 15) is 9.59 Å². The minimum atomic E-state index is -0.893. The molecule has 0 aliphatic carbocycles. The van der Waals surface area contributed by atoms with Crippen LogP contribution in [0.5, 0.6) is 0 Å². The average Bonchev–Trinajstić information content (AvgIpc) is 3.07. The number of carbonyl (C=O) groups excluding carboxylic acids is 1. The smallest absolute Gasteiger partial charge is 0.323 e. The summed E-state index contributed by atoms with van der Waals surface area (Å²) in [5, 5.41) is 17.1. The number of carboxylic acids is 1. The van der Waals surface area contributed by atoms with Gasteiger partial charge in [-0.1, -0.05) is 0 Å². The zero-order valence-corrected chi connectivity index (χ0v) is 15.3. The molecule has 3 rings (SSSR count). The van der Waals surface area contributed by atoms with Crippen molar-refractivity contribution in [2.45, 2.75) is 33.2 Å². The molecule has 0 fully saturated rings. The maximum Gasteiger partial charge on any atom is 0.323 e. The van der Waals surface area contributed by atoms with Crippen molar-refractivity contribution < 1.29 is 14.7 Å². The van der Waals surface area contributed by atoms with Crippen LogP contribution in [0.15, 0.2) is 30.5 Å². The van der Waals surface area contributed by atoms with Crippen LogP contribution in [0, 0.1) is 13.8 Å². The van der Waals surface area contributed by atoms with Gasteiger partial charge in [0.05, 0.1) is 11.6 Å². The van der Waals surface area contributed by atoms with Crippen molar-refractivity contribution in [2.24, 2.45) is 7.05 Å². The van der Waals surface area contributed by atoms with E-state index in [1.165, 1.54) is 0 Å². The van der Waals surface area contributed by atoms with E-state index >= 15 is 0 Å². The van der Waals surface area contributed by atoms with Crippen molar-refractivity contribution in [3.8, 4) is 0 Å². The molecular weight excluding hydrogens is 332 g/mol. The molecule has 1 atom stereocenters. The van der Waals surface area contributed by atoms with Gasteiger partial charge in [-0.15, -0.1) is 0 Å². The minimum absolute atomic E-state index is 0.0915. The summed E-state index contributed by atoms with van der Waals surface area (Å²) in [7, 11) is 1.87. The number of aromatic nitrogens is 3. The van der Waals surface area contributed by atoms with Gasteiger partial charge in [-0.05, 0) is 45.0 Å². The third-order valence-corrected chi connectivity index (χ3v) is 4.74. The molecule has 0 radical (unpaired) electrons. The second-order valence-corrected chi connectivity index (χ2v) is 6.53. The number of carboxylic acid groups (broad SMARTS) is 1. The highest BCUT2D eigenvalue weighted by molar-refractivity contribution is 5.97. The first kappa shape index (κ1) is 17.7. The molecule has 26 heavy (non-hydrogen) atoms. The van der Waals surface area contributed by atoms with Crippen LogP contribution in [0.1, 0.15) is 29.8 Å². The van der Waals surface area contributed by atoms with Crippen LogP contribution in [0.4, 0.5) is 5.69 Å². The summed E-state index contributed by atoms with van der Waals surface area (Å²) in [6.45, 7) is 5.64. The van der Waals surface area contributed by atoms with Crippen molar-refractivity contribution in [3.05, 3.63) is 47.4 Å². The van der Waals surface area contributed by atoms with E-state index in [1.807, 2.05) is 46.0 Å². The third kappa shape index (κ3) is 3.20. The number of aryl methyl sites for hydroxylation is 2. The number of rotatable bonds is 5. The van der Waals surface area contributed by atoms with Gasteiger partial charge in [0.2, 0.25) is 5.91 Å². The molecule has 0 spiro atoms. The lowest BCUT2D eigenvalue weighted by Gasteiger charge is -2.13. The molecule has 1 aromatic carbocycles. The van der Waals surface area contributed by atoms with E-state index in [-0.39, 0.29) is 18.4 Å². The molecule has 7 heteroatoms. The van der Waals surface area contributed by atoms with Crippen molar-refractivity contribution in [2.75, 3.05) is 5.32 Å². The molecule has 2 N–H and O–H groups in total. The normalized spacial score (nSPS) is 12.3. The standard InChI is InChI=1S/C19H22N4O3/c1-11(18-12(2)21-22(4)13(18)3)19(26)20-15-5-6-16-14(9-15)7-8-23(16)10-17(24)25/h5-9,11H,10H2,1-4H3,(H,20,26)(H,24,25). The first-order valence-electron chi connectivity index (χ1n) is 8.39. The lowest BCUT2D eigenvalue weighted by atomic mass is 9.98. The van der Waals surface area contributed by atoms with E-state index in [0.29, 0.717) is 5.69 Å². The van der Waals surface area contributed by atoms with Crippen LogP contribution in [0.3, 0.4) is 0 Å². The highest BCUT2D eigenvalue weighted by atomic mass is 16.4. The molecule has 1 unspecified atom stereocenters. The summed E-state index contributed by atoms with van der Waals surface area (Å²) in [6.07, 6.45) is 1.73. The summed E-state index contributed by atoms with van der Waals surface area (Å²) in [6, 6.07) is 7.29. The number of benzene rings is 1. The Labute approximate surface area is 151 Å². The van der Waals surface area contributed by atoms with E-state index in [2.05, 4.69) is 10.4 Å². The molecular formula is C19H22N4O3. The van der Waals surface area contributed by atoms with Crippen molar-refractivity contribution in [3.63, 3.8) is 0 Å². The minimum Gasteiger partial charge on any atom is -0.480 e. The Morgan fingerprint density at radius 2 is 2.00 bits per heavy atom. The number of anilines is 1. The van der Waals surface area contributed by atoms with Crippen molar-refractivity contribution in [1.29, 1.82) is 0 Å². The maximum atomic E-state index is 12.7. The van der Waals surface area contributed by atoms with Gasteiger partial charge < -0.3 is 15.0 Å². The van der Waals surface area contributed by atoms with Crippen molar-refractivity contribution >= 4 is 28.5 Å². The Hall–Kier alpha value is -3.09. The van der Waals surface area contributed by atoms with Crippen LogP contribution < -0.4 is 5.32 Å². The lowest BCUT2D eigenvalue weighted by Crippen LogP contribution is -2.20. The van der Waals surface area contributed by atoms with Crippen LogP contribution in [-0.2, 0) is 23.2 Å². The molecule has 0 aliphatic rings. The topological polar surface area (TPSA) is 89.2 Å². The van der Waals surface area contributed by atoms with Gasteiger partial charge in [-0.25, -0.2) is 0 Å². The van der Waals surface area contributed by atoms with Gasteiger partial charge >= 0.3 is 5.97 Å². The molecule has 0 aliphatic heterocycles. The van der Waals surface area contributed by atoms with Gasteiger partial charge in [-0.2, -0.15) is 5.10 Å². The third-order valence-electron chi connectivity index (χ3n) is 4.74. The van der Waals surface area contributed by atoms with Crippen LogP contribution in [0.2, 0.25) is 0 Å². The second-order valence-electron chi connectivity index (χ2n) is 6.53. The van der Waals surface area contributed by atoms with Crippen LogP contribution in [-0.4, -0.2) is 31.3 Å². The number of aliphatic carboxylic acids is 1. The molecule has 7 nitrogen and oxygen atoms in total. The predicted octanol–water partition coefficient (Wildman–Crippen LogP) is 2.82. The maximum absolute atomic E-state index is 12.7. The number of hydrogen-bond donors (Lipinski definition) is 2. The Balaban J connectivity index is 1.82. The van der Waals surface area contributed by atoms with Gasteiger partial charge in [0.1, 0.15) is 6.54 Å². The molecule has 1 amide bonds. The van der Waals surface area contributed by atoms with E-state index in [0.717, 1.165) is 27.9 Å². The fourth-order valence-corrected chi connectivity index (χ4v) is 3.36. The highest BCUT2D eigenvalue weighted by Gasteiger charge is 2.22. The molecule has 0 saturated heterocycles. The molecule has 2 heterocycles. The molecule has 136 valence electrons. The number of amides is 1. The molecule has 3 aromatic rings. The monoisotopic (exact) mass is 354 g/mol. The number of hydrogen-bond acceptors (Lipinski definition) is 3. The number of fused-ring (bicyclic) bond motifs is 1. The van der Waals surface area contributed by atoms with Crippen LogP contribution in [0.25, 0.3) is 10.9 Å². The lowest BCUT2D eigenvalue weighted by molar-refractivity contribution is -0.137. The number of nitrogens with one attached hydrogen (secondary N) is 1. The summed E-state index contributed by atoms with van der Waals surface area (Å²) in [4.78, 5) is 23.6. The fraction of sp³-hybridized carbons (Fsp3) is 0.316. The Morgan fingerprint density at radius 1 is 1.27 bits per heavy atom. The largest absolute Gasteiger partial charge is 0.480 e. The zero-order valence-electron chi connectivity index (χ0n) is 15.3. The zero-order chi connectivity index (χ0) is 19.0. The quantitative estimate of drug-likeness (QED) is 0.737. The summed E-state index contributed by atoms with van der Waals surface area (Å²) >= 11 is 0. The molecule has 2 aromatic heterocycles. The average molecular weight is 354 g/mol. The van der Waals surface area contributed by atoms with E-state index < -0.39 is 5.97 Å². The summed E-state index contributed by atoms with van der Waals surface area (Å²) < 4.78 is 3.44. The molecule has 0 bridgehead atoms. The Kier molecular flexibility index (Phi) is 4.54. The molecule has 0 saturated carbocycles. The van der Waals surface area contributed by atoms with Gasteiger partial charge in [0.15, 0.2) is 0 Å². The first-order valence-corrected chi connectivity index (χ1v) is 8.39. The first-order chi connectivity index (χ1) is 12.3. The van der Waals surface area contributed by atoms with Crippen molar-refractivity contribution in [1.82, 2.24) is 14.3 Å². The van der Waals surface area contributed by atoms with Gasteiger partial charge in [-0.3, -0.25) is 14.3 Å². The van der Waals surface area contributed by atoms with Gasteiger partial charge in [0.25, 0.3) is 0 Å². The van der Waals surface area contributed by atoms with Crippen LogP contribution >= 0.6 is 0 Å². The van der Waals surface area contributed by atoms with E-state index in [1.54, 1.807) is 21.5 Å². The predicted molar refractivity (Wildman–Crippen MR) is 99.3 cm³/mol. The number of nitrogens with zero attached hydrogens (tertiary/aromatic N) is 3. The summed E-state index contributed by atoms with van der Waals surface area (Å²) in [5.74, 6) is -1.32. The Bertz CT molecular complexity index is 1000. The highest BCUT2D eigenvalue weighted by Crippen LogP contribution is 2.26. The van der Waals surface area contributed by atoms with Gasteiger partial charge in [0, 0.05) is 41.1 Å². The SMILES string of the molecule is Cc1nn(C)c(C)c1C(C)C(=O)Nc1ccc2c(ccn2CC(=O)O)c1. The number of carbonyl (C=O) groups is 2. The Morgan fingerprint density at radius 3 is 2.62 bits per heavy atom. The van der Waals surface area contributed by atoms with E-state index in [4.69, 9.17) is 5.11 Å². The fourth-order valence-electron chi connectivity index (χ4n) is 3.36. The second kappa shape index (κ2) is 6.67. The summed E-state index contributed by atoms with van der Waals surface area (Å²) in [5.41, 5.74) is 4.28.